The van der Waals surface area contributed by atoms with Gasteiger partial charge in [-0.15, -0.1) is 0 Å². The molecule has 10 heavy (non-hydrogen) atoms. The quantitative estimate of drug-likeness (QED) is 0.594. The van der Waals surface area contributed by atoms with Gasteiger partial charge >= 0.3 is 0 Å². The Hall–Kier alpha value is -0.0800. The standard InChI is InChI=1S/C8H18N2/c1-3-4-8(2)7-9-5-6-10-8/h9-10H,3-7H2,1-2H3. The molecule has 0 bridgehead atoms. The van der Waals surface area contributed by atoms with E-state index < -0.39 is 0 Å². The Morgan fingerprint density at radius 3 is 2.70 bits per heavy atom. The molecule has 1 aliphatic rings. The lowest BCUT2D eigenvalue weighted by Gasteiger charge is -2.35. The van der Waals surface area contributed by atoms with E-state index >= 15 is 0 Å². The topological polar surface area (TPSA) is 24.1 Å². The number of hydrogen-bond donors (Lipinski definition) is 2. The van der Waals surface area contributed by atoms with Crippen LogP contribution in [0, 0.1) is 0 Å². The molecular formula is C8H18N2. The molecular weight excluding hydrogens is 124 g/mol. The van der Waals surface area contributed by atoms with Crippen molar-refractivity contribution in [3.8, 4) is 0 Å². The van der Waals surface area contributed by atoms with Crippen molar-refractivity contribution in [1.29, 1.82) is 0 Å². The molecule has 0 saturated carbocycles. The minimum atomic E-state index is 0.368. The first-order chi connectivity index (χ1) is 4.77. The van der Waals surface area contributed by atoms with Crippen LogP contribution in [-0.2, 0) is 0 Å². The van der Waals surface area contributed by atoms with Crippen molar-refractivity contribution in [3.63, 3.8) is 0 Å². The smallest absolute Gasteiger partial charge is 0.0278 e. The molecule has 1 atom stereocenters. The van der Waals surface area contributed by atoms with Crippen molar-refractivity contribution in [1.82, 2.24) is 10.6 Å². The van der Waals surface area contributed by atoms with E-state index in [4.69, 9.17) is 0 Å². The van der Waals surface area contributed by atoms with Gasteiger partial charge in [0.2, 0.25) is 0 Å². The third kappa shape index (κ3) is 1.96. The van der Waals surface area contributed by atoms with Crippen molar-refractivity contribution >= 4 is 0 Å². The van der Waals surface area contributed by atoms with Crippen molar-refractivity contribution in [2.75, 3.05) is 19.6 Å². The Labute approximate surface area is 63.4 Å². The number of nitrogens with one attached hydrogen (secondary N) is 2. The van der Waals surface area contributed by atoms with Gasteiger partial charge in [0.05, 0.1) is 0 Å². The van der Waals surface area contributed by atoms with Gasteiger partial charge in [0.25, 0.3) is 0 Å². The van der Waals surface area contributed by atoms with E-state index in [1.165, 1.54) is 12.8 Å². The third-order valence-electron chi connectivity index (χ3n) is 2.17. The van der Waals surface area contributed by atoms with Gasteiger partial charge in [0.1, 0.15) is 0 Å². The summed E-state index contributed by atoms with van der Waals surface area (Å²) in [6.07, 6.45) is 2.55. The molecule has 1 fully saturated rings. The maximum atomic E-state index is 3.53. The Kier molecular flexibility index (Phi) is 2.69. The van der Waals surface area contributed by atoms with Crippen LogP contribution in [0.15, 0.2) is 0 Å². The van der Waals surface area contributed by atoms with E-state index in [0.29, 0.717) is 5.54 Å². The molecule has 1 unspecified atom stereocenters. The fraction of sp³-hybridized carbons (Fsp3) is 1.00. The van der Waals surface area contributed by atoms with Gasteiger partial charge in [-0.2, -0.15) is 0 Å². The summed E-state index contributed by atoms with van der Waals surface area (Å²) in [6.45, 7) is 7.90. The van der Waals surface area contributed by atoms with Gasteiger partial charge in [0, 0.05) is 25.2 Å². The highest BCUT2D eigenvalue weighted by Crippen LogP contribution is 2.11. The zero-order chi connectivity index (χ0) is 7.45. The van der Waals surface area contributed by atoms with E-state index in [1.807, 2.05) is 0 Å². The van der Waals surface area contributed by atoms with Crippen molar-refractivity contribution in [2.45, 2.75) is 32.2 Å². The lowest BCUT2D eigenvalue weighted by atomic mass is 9.94. The molecule has 2 nitrogen and oxygen atoms in total. The van der Waals surface area contributed by atoms with E-state index in [9.17, 15) is 0 Å². The summed E-state index contributed by atoms with van der Waals surface area (Å²) in [7, 11) is 0. The minimum Gasteiger partial charge on any atom is -0.314 e. The monoisotopic (exact) mass is 142 g/mol. The van der Waals surface area contributed by atoms with Crippen LogP contribution >= 0.6 is 0 Å². The lowest BCUT2D eigenvalue weighted by molar-refractivity contribution is 0.276. The van der Waals surface area contributed by atoms with Crippen LogP contribution < -0.4 is 10.6 Å². The zero-order valence-corrected chi connectivity index (χ0v) is 7.04. The van der Waals surface area contributed by atoms with Gasteiger partial charge < -0.3 is 10.6 Å². The first-order valence-electron chi connectivity index (χ1n) is 4.22. The molecule has 0 aromatic heterocycles. The second kappa shape index (κ2) is 3.35. The molecule has 0 spiro atoms. The number of hydrogen-bond acceptors (Lipinski definition) is 2. The van der Waals surface area contributed by atoms with Gasteiger partial charge in [0.15, 0.2) is 0 Å². The summed E-state index contributed by atoms with van der Waals surface area (Å²) in [6, 6.07) is 0. The molecule has 0 aromatic rings. The maximum absolute atomic E-state index is 3.53. The van der Waals surface area contributed by atoms with Crippen LogP contribution in [0.5, 0.6) is 0 Å². The van der Waals surface area contributed by atoms with E-state index in [0.717, 1.165) is 19.6 Å². The molecule has 1 saturated heterocycles. The molecule has 0 radical (unpaired) electrons. The Morgan fingerprint density at radius 2 is 2.20 bits per heavy atom. The molecule has 60 valence electrons. The average Bonchev–Trinajstić information content (AvgIpc) is 1.89. The molecule has 1 aliphatic heterocycles. The molecule has 0 aliphatic carbocycles. The van der Waals surface area contributed by atoms with Gasteiger partial charge in [-0.3, -0.25) is 0 Å². The molecule has 2 N–H and O–H groups in total. The van der Waals surface area contributed by atoms with Crippen molar-refractivity contribution < 1.29 is 0 Å². The molecule has 1 heterocycles. The largest absolute Gasteiger partial charge is 0.314 e. The van der Waals surface area contributed by atoms with Crippen LogP contribution in [0.4, 0.5) is 0 Å². The minimum absolute atomic E-state index is 0.368. The third-order valence-corrected chi connectivity index (χ3v) is 2.17. The number of piperazine rings is 1. The van der Waals surface area contributed by atoms with Crippen molar-refractivity contribution in [3.05, 3.63) is 0 Å². The van der Waals surface area contributed by atoms with Crippen LogP contribution in [0.3, 0.4) is 0 Å². The predicted molar refractivity (Wildman–Crippen MR) is 44.2 cm³/mol. The SMILES string of the molecule is CCCC1(C)CNCCN1. The normalized spacial score (nSPS) is 34.2. The second-order valence-electron chi connectivity index (χ2n) is 3.41. The fourth-order valence-electron chi connectivity index (χ4n) is 1.61. The first-order valence-corrected chi connectivity index (χ1v) is 4.22. The van der Waals surface area contributed by atoms with Gasteiger partial charge in [-0.1, -0.05) is 13.3 Å². The van der Waals surface area contributed by atoms with Crippen LogP contribution in [0.25, 0.3) is 0 Å². The summed E-state index contributed by atoms with van der Waals surface area (Å²) in [5, 5.41) is 6.93. The maximum Gasteiger partial charge on any atom is 0.0278 e. The molecule has 2 heteroatoms. The fourth-order valence-corrected chi connectivity index (χ4v) is 1.61. The summed E-state index contributed by atoms with van der Waals surface area (Å²) < 4.78 is 0. The summed E-state index contributed by atoms with van der Waals surface area (Å²) >= 11 is 0. The second-order valence-corrected chi connectivity index (χ2v) is 3.41. The van der Waals surface area contributed by atoms with Crippen LogP contribution in [-0.4, -0.2) is 25.2 Å². The lowest BCUT2D eigenvalue weighted by Crippen LogP contribution is -2.57. The molecule has 0 amide bonds. The number of rotatable bonds is 2. The Morgan fingerprint density at radius 1 is 1.40 bits per heavy atom. The summed E-state index contributed by atoms with van der Waals surface area (Å²) in [4.78, 5) is 0. The van der Waals surface area contributed by atoms with E-state index in [-0.39, 0.29) is 0 Å². The highest BCUT2D eigenvalue weighted by Gasteiger charge is 2.23. The van der Waals surface area contributed by atoms with Crippen LogP contribution in [0.2, 0.25) is 0 Å². The molecule has 1 rings (SSSR count). The predicted octanol–water partition coefficient (Wildman–Crippen LogP) is 0.738. The van der Waals surface area contributed by atoms with E-state index in [1.54, 1.807) is 0 Å². The summed E-state index contributed by atoms with van der Waals surface area (Å²) in [5.74, 6) is 0. The average molecular weight is 142 g/mol. The highest BCUT2D eigenvalue weighted by molar-refractivity contribution is 4.88. The zero-order valence-electron chi connectivity index (χ0n) is 7.04. The highest BCUT2D eigenvalue weighted by atomic mass is 15.1. The van der Waals surface area contributed by atoms with E-state index in [2.05, 4.69) is 24.5 Å². The first kappa shape index (κ1) is 8.02. The summed E-state index contributed by atoms with van der Waals surface area (Å²) in [5.41, 5.74) is 0.368. The van der Waals surface area contributed by atoms with Crippen LogP contribution in [0.1, 0.15) is 26.7 Å². The Balaban J connectivity index is 2.32. The van der Waals surface area contributed by atoms with Gasteiger partial charge in [-0.05, 0) is 13.3 Å². The molecule has 0 aromatic carbocycles. The van der Waals surface area contributed by atoms with Crippen molar-refractivity contribution in [2.24, 2.45) is 0 Å². The Bertz CT molecular complexity index is 89.9. The van der Waals surface area contributed by atoms with Gasteiger partial charge in [-0.25, -0.2) is 0 Å².